The molecular formula is C24H21FN4O2. The number of amides is 1. The molecule has 6 nitrogen and oxygen atoms in total. The number of anilines is 1. The van der Waals surface area contributed by atoms with Crippen molar-refractivity contribution >= 4 is 11.7 Å². The number of hydrogen-bond donors (Lipinski definition) is 0. The van der Waals surface area contributed by atoms with Gasteiger partial charge >= 0.3 is 0 Å². The van der Waals surface area contributed by atoms with Crippen molar-refractivity contribution in [3.8, 4) is 11.8 Å². The van der Waals surface area contributed by atoms with Crippen LogP contribution in [0.25, 0.3) is 0 Å². The van der Waals surface area contributed by atoms with Crippen LogP contribution in [0.4, 0.5) is 10.2 Å². The maximum Gasteiger partial charge on any atom is 0.257 e. The third kappa shape index (κ3) is 4.64. The molecule has 4 rings (SSSR count). The molecule has 1 aromatic heterocycles. The molecule has 0 N–H and O–H groups in total. The van der Waals surface area contributed by atoms with Crippen molar-refractivity contribution in [2.45, 2.75) is 6.61 Å². The highest BCUT2D eigenvalue weighted by atomic mass is 19.1. The minimum absolute atomic E-state index is 0.101. The fourth-order valence-corrected chi connectivity index (χ4v) is 3.54. The first-order valence-electron chi connectivity index (χ1n) is 10.0. The second kappa shape index (κ2) is 9.26. The Morgan fingerprint density at radius 1 is 1.03 bits per heavy atom. The predicted octanol–water partition coefficient (Wildman–Crippen LogP) is 3.63. The second-order valence-corrected chi connectivity index (χ2v) is 7.18. The largest absolute Gasteiger partial charge is 0.488 e. The fraction of sp³-hybridized carbons (Fsp3) is 0.208. The van der Waals surface area contributed by atoms with Crippen LogP contribution in [0.3, 0.4) is 0 Å². The van der Waals surface area contributed by atoms with E-state index in [1.807, 2.05) is 11.0 Å². The summed E-state index contributed by atoms with van der Waals surface area (Å²) in [5.74, 6) is 0.748. The number of ether oxygens (including phenoxy) is 1. The Hall–Kier alpha value is -3.92. The molecule has 1 amide bonds. The summed E-state index contributed by atoms with van der Waals surface area (Å²) in [4.78, 5) is 21.3. The molecule has 0 spiro atoms. The van der Waals surface area contributed by atoms with Crippen LogP contribution in [0.5, 0.6) is 5.75 Å². The summed E-state index contributed by atoms with van der Waals surface area (Å²) in [6.07, 6.45) is 1.67. The van der Waals surface area contributed by atoms with Crippen LogP contribution in [0.2, 0.25) is 0 Å². The number of para-hydroxylation sites is 1. The standard InChI is InChI=1S/C24H21FN4O2/c25-20-9-7-18(8-10-20)17-31-22-6-2-1-5-21(22)24(30)29-14-12-28(13-15-29)23-19(16-26)4-3-11-27-23/h1-11H,12-15,17H2. The number of halogens is 1. The van der Waals surface area contributed by atoms with Crippen molar-refractivity contribution in [2.24, 2.45) is 0 Å². The normalized spacial score (nSPS) is 13.5. The van der Waals surface area contributed by atoms with Crippen molar-refractivity contribution in [1.82, 2.24) is 9.88 Å². The SMILES string of the molecule is N#Cc1cccnc1N1CCN(C(=O)c2ccccc2OCc2ccc(F)cc2)CC1. The van der Waals surface area contributed by atoms with Crippen LogP contribution in [0.1, 0.15) is 21.5 Å². The van der Waals surface area contributed by atoms with Crippen molar-refractivity contribution in [3.05, 3.63) is 89.4 Å². The van der Waals surface area contributed by atoms with E-state index in [1.165, 1.54) is 12.1 Å². The van der Waals surface area contributed by atoms with Gasteiger partial charge in [-0.3, -0.25) is 4.79 Å². The van der Waals surface area contributed by atoms with Gasteiger partial charge < -0.3 is 14.5 Å². The fourth-order valence-electron chi connectivity index (χ4n) is 3.54. The van der Waals surface area contributed by atoms with Crippen LogP contribution in [0.15, 0.2) is 66.9 Å². The van der Waals surface area contributed by atoms with Gasteiger partial charge in [0, 0.05) is 32.4 Å². The van der Waals surface area contributed by atoms with E-state index < -0.39 is 0 Å². The van der Waals surface area contributed by atoms with E-state index in [0.717, 1.165) is 5.56 Å². The van der Waals surface area contributed by atoms with E-state index in [2.05, 4.69) is 11.1 Å². The number of benzene rings is 2. The van der Waals surface area contributed by atoms with Crippen molar-refractivity contribution in [1.29, 1.82) is 5.26 Å². The number of carbonyl (C=O) groups is 1. The molecule has 3 aromatic rings. The van der Waals surface area contributed by atoms with Crippen LogP contribution in [-0.2, 0) is 6.61 Å². The number of nitriles is 1. The summed E-state index contributed by atoms with van der Waals surface area (Å²) in [7, 11) is 0. The lowest BCUT2D eigenvalue weighted by Crippen LogP contribution is -2.49. The van der Waals surface area contributed by atoms with Crippen molar-refractivity contribution in [2.75, 3.05) is 31.1 Å². The molecule has 0 aliphatic carbocycles. The van der Waals surface area contributed by atoms with E-state index in [-0.39, 0.29) is 18.3 Å². The number of hydrogen-bond acceptors (Lipinski definition) is 5. The summed E-state index contributed by atoms with van der Waals surface area (Å²) in [6.45, 7) is 2.47. The summed E-state index contributed by atoms with van der Waals surface area (Å²) in [5, 5.41) is 9.30. The summed E-state index contributed by atoms with van der Waals surface area (Å²) >= 11 is 0. The molecule has 2 aromatic carbocycles. The number of nitrogens with zero attached hydrogens (tertiary/aromatic N) is 4. The highest BCUT2D eigenvalue weighted by Gasteiger charge is 2.25. The molecule has 0 saturated carbocycles. The first-order valence-corrected chi connectivity index (χ1v) is 10.0. The number of piperazine rings is 1. The van der Waals surface area contributed by atoms with Gasteiger partial charge in [-0.15, -0.1) is 0 Å². The first-order chi connectivity index (χ1) is 15.2. The summed E-state index contributed by atoms with van der Waals surface area (Å²) < 4.78 is 19.0. The number of pyridine rings is 1. The smallest absolute Gasteiger partial charge is 0.257 e. The Morgan fingerprint density at radius 3 is 2.52 bits per heavy atom. The zero-order valence-electron chi connectivity index (χ0n) is 16.9. The molecule has 1 fully saturated rings. The minimum atomic E-state index is -0.300. The summed E-state index contributed by atoms with van der Waals surface area (Å²) in [5.41, 5.74) is 1.84. The van der Waals surface area contributed by atoms with Gasteiger partial charge in [0.05, 0.1) is 11.1 Å². The molecule has 31 heavy (non-hydrogen) atoms. The molecule has 0 atom stereocenters. The van der Waals surface area contributed by atoms with Gasteiger partial charge in [0.1, 0.15) is 30.1 Å². The lowest BCUT2D eigenvalue weighted by molar-refractivity contribution is 0.0741. The van der Waals surface area contributed by atoms with Crippen LogP contribution in [-0.4, -0.2) is 42.0 Å². The molecule has 1 aliphatic heterocycles. The Kier molecular flexibility index (Phi) is 6.08. The molecule has 0 unspecified atom stereocenters. The molecule has 1 saturated heterocycles. The van der Waals surface area contributed by atoms with E-state index in [1.54, 1.807) is 53.6 Å². The van der Waals surface area contributed by atoms with Gasteiger partial charge in [0.15, 0.2) is 0 Å². The quantitative estimate of drug-likeness (QED) is 0.635. The van der Waals surface area contributed by atoms with Crippen molar-refractivity contribution < 1.29 is 13.9 Å². The van der Waals surface area contributed by atoms with Gasteiger partial charge in [-0.25, -0.2) is 9.37 Å². The zero-order chi connectivity index (χ0) is 21.6. The zero-order valence-corrected chi connectivity index (χ0v) is 16.9. The molecule has 1 aliphatic rings. The van der Waals surface area contributed by atoms with Gasteiger partial charge in [-0.1, -0.05) is 24.3 Å². The maximum atomic E-state index is 13.2. The molecule has 2 heterocycles. The molecule has 0 bridgehead atoms. The van der Waals surface area contributed by atoms with E-state index >= 15 is 0 Å². The Morgan fingerprint density at radius 2 is 1.77 bits per heavy atom. The topological polar surface area (TPSA) is 69.5 Å². The predicted molar refractivity (Wildman–Crippen MR) is 114 cm³/mol. The third-order valence-electron chi connectivity index (χ3n) is 5.20. The number of aromatic nitrogens is 1. The van der Waals surface area contributed by atoms with Gasteiger partial charge in [-0.2, -0.15) is 5.26 Å². The second-order valence-electron chi connectivity index (χ2n) is 7.18. The molecule has 7 heteroatoms. The Labute approximate surface area is 180 Å². The lowest BCUT2D eigenvalue weighted by atomic mass is 10.1. The Balaban J connectivity index is 1.42. The lowest BCUT2D eigenvalue weighted by Gasteiger charge is -2.35. The van der Waals surface area contributed by atoms with E-state index in [4.69, 9.17) is 4.74 Å². The third-order valence-corrected chi connectivity index (χ3v) is 5.20. The number of carbonyl (C=O) groups excluding carboxylic acids is 1. The van der Waals surface area contributed by atoms with E-state index in [9.17, 15) is 14.4 Å². The molecular weight excluding hydrogens is 395 g/mol. The first kappa shape index (κ1) is 20.4. The van der Waals surface area contributed by atoms with Crippen LogP contribution >= 0.6 is 0 Å². The Bertz CT molecular complexity index is 1100. The monoisotopic (exact) mass is 416 g/mol. The van der Waals surface area contributed by atoms with Gasteiger partial charge in [0.25, 0.3) is 5.91 Å². The van der Waals surface area contributed by atoms with Crippen LogP contribution < -0.4 is 9.64 Å². The van der Waals surface area contributed by atoms with Crippen LogP contribution in [0, 0.1) is 17.1 Å². The average molecular weight is 416 g/mol. The van der Waals surface area contributed by atoms with E-state index in [0.29, 0.717) is 48.9 Å². The summed E-state index contributed by atoms with van der Waals surface area (Å²) in [6, 6.07) is 18.9. The minimum Gasteiger partial charge on any atom is -0.488 e. The molecule has 156 valence electrons. The highest BCUT2D eigenvalue weighted by Crippen LogP contribution is 2.23. The number of rotatable bonds is 5. The molecule has 0 radical (unpaired) electrons. The van der Waals surface area contributed by atoms with Gasteiger partial charge in [-0.05, 0) is 42.0 Å². The maximum absolute atomic E-state index is 13.2. The average Bonchev–Trinajstić information content (AvgIpc) is 2.83. The van der Waals surface area contributed by atoms with Gasteiger partial charge in [0.2, 0.25) is 0 Å². The highest BCUT2D eigenvalue weighted by molar-refractivity contribution is 5.97. The van der Waals surface area contributed by atoms with Crippen molar-refractivity contribution in [3.63, 3.8) is 0 Å².